The fraction of sp³-hybridized carbons (Fsp3) is 0.278. The van der Waals surface area contributed by atoms with Gasteiger partial charge in [0.15, 0.2) is 0 Å². The second-order valence-corrected chi connectivity index (χ2v) is 6.33. The molecule has 0 saturated heterocycles. The SMILES string of the molecule is C/C(CC(=O)NCCCc1ccccc1)=N\NC(=O)c1cccs1. The molecule has 0 aliphatic heterocycles. The van der Waals surface area contributed by atoms with Crippen molar-refractivity contribution in [3.63, 3.8) is 0 Å². The van der Waals surface area contributed by atoms with Crippen LogP contribution in [0.15, 0.2) is 52.9 Å². The van der Waals surface area contributed by atoms with Crippen molar-refractivity contribution in [1.29, 1.82) is 0 Å². The predicted octanol–water partition coefficient (Wildman–Crippen LogP) is 2.99. The van der Waals surface area contributed by atoms with Gasteiger partial charge in [-0.1, -0.05) is 36.4 Å². The minimum absolute atomic E-state index is 0.0883. The summed E-state index contributed by atoms with van der Waals surface area (Å²) in [7, 11) is 0. The van der Waals surface area contributed by atoms with Gasteiger partial charge in [0.05, 0.1) is 11.3 Å². The molecule has 1 heterocycles. The minimum atomic E-state index is -0.257. The summed E-state index contributed by atoms with van der Waals surface area (Å²) in [6.07, 6.45) is 2.00. The van der Waals surface area contributed by atoms with E-state index in [9.17, 15) is 9.59 Å². The number of hydrogen-bond donors (Lipinski definition) is 2. The molecule has 0 saturated carbocycles. The second kappa shape index (κ2) is 9.62. The summed E-state index contributed by atoms with van der Waals surface area (Å²) in [6, 6.07) is 13.7. The average Bonchev–Trinajstić information content (AvgIpc) is 3.12. The average molecular weight is 343 g/mol. The van der Waals surface area contributed by atoms with E-state index in [0.29, 0.717) is 17.1 Å². The Kier molecular flexibility index (Phi) is 7.17. The largest absolute Gasteiger partial charge is 0.356 e. The Balaban J connectivity index is 1.64. The molecular formula is C18H21N3O2S. The van der Waals surface area contributed by atoms with Gasteiger partial charge in [-0.25, -0.2) is 5.43 Å². The minimum Gasteiger partial charge on any atom is -0.356 e. The van der Waals surface area contributed by atoms with Crippen LogP contribution in [0.3, 0.4) is 0 Å². The van der Waals surface area contributed by atoms with Crippen molar-refractivity contribution < 1.29 is 9.59 Å². The summed E-state index contributed by atoms with van der Waals surface area (Å²) in [5.41, 5.74) is 4.29. The number of carbonyl (C=O) groups excluding carboxylic acids is 2. The van der Waals surface area contributed by atoms with Crippen LogP contribution in [0.25, 0.3) is 0 Å². The van der Waals surface area contributed by atoms with E-state index < -0.39 is 0 Å². The van der Waals surface area contributed by atoms with Gasteiger partial charge in [-0.15, -0.1) is 11.3 Å². The molecule has 24 heavy (non-hydrogen) atoms. The first kappa shape index (κ1) is 17.9. The summed E-state index contributed by atoms with van der Waals surface area (Å²) in [5, 5.41) is 8.66. The molecule has 2 N–H and O–H groups in total. The lowest BCUT2D eigenvalue weighted by Crippen LogP contribution is -2.27. The van der Waals surface area contributed by atoms with Crippen LogP contribution < -0.4 is 10.7 Å². The topological polar surface area (TPSA) is 70.6 Å². The van der Waals surface area contributed by atoms with E-state index in [0.717, 1.165) is 12.8 Å². The summed E-state index contributed by atoms with van der Waals surface area (Å²) < 4.78 is 0. The lowest BCUT2D eigenvalue weighted by Gasteiger charge is -2.05. The Hall–Kier alpha value is -2.47. The van der Waals surface area contributed by atoms with Crippen molar-refractivity contribution >= 4 is 28.9 Å². The summed E-state index contributed by atoms with van der Waals surface area (Å²) in [6.45, 7) is 2.35. The molecule has 0 aliphatic rings. The highest BCUT2D eigenvalue weighted by Crippen LogP contribution is 2.07. The molecule has 6 heteroatoms. The fourth-order valence-corrected chi connectivity index (χ4v) is 2.72. The number of hydrogen-bond acceptors (Lipinski definition) is 4. The molecule has 0 spiro atoms. The maximum atomic E-state index is 11.8. The van der Waals surface area contributed by atoms with E-state index in [-0.39, 0.29) is 18.2 Å². The van der Waals surface area contributed by atoms with Crippen molar-refractivity contribution in [2.24, 2.45) is 5.10 Å². The van der Waals surface area contributed by atoms with Gasteiger partial charge in [0.1, 0.15) is 0 Å². The van der Waals surface area contributed by atoms with Crippen LogP contribution >= 0.6 is 11.3 Å². The van der Waals surface area contributed by atoms with Crippen LogP contribution in [0.4, 0.5) is 0 Å². The Morgan fingerprint density at radius 3 is 2.62 bits per heavy atom. The van der Waals surface area contributed by atoms with Crippen molar-refractivity contribution in [3.8, 4) is 0 Å². The zero-order valence-corrected chi connectivity index (χ0v) is 14.4. The Morgan fingerprint density at radius 2 is 1.92 bits per heavy atom. The van der Waals surface area contributed by atoms with Crippen LogP contribution in [-0.4, -0.2) is 24.1 Å². The molecule has 0 fully saturated rings. The van der Waals surface area contributed by atoms with Crippen LogP contribution in [0.5, 0.6) is 0 Å². The number of nitrogens with zero attached hydrogens (tertiary/aromatic N) is 1. The number of nitrogens with one attached hydrogen (secondary N) is 2. The van der Waals surface area contributed by atoms with E-state index in [2.05, 4.69) is 28.0 Å². The predicted molar refractivity (Wildman–Crippen MR) is 97.3 cm³/mol. The van der Waals surface area contributed by atoms with Crippen molar-refractivity contribution in [3.05, 3.63) is 58.3 Å². The quantitative estimate of drug-likeness (QED) is 0.439. The van der Waals surface area contributed by atoms with E-state index in [1.807, 2.05) is 23.6 Å². The molecular weight excluding hydrogens is 322 g/mol. The number of benzene rings is 1. The van der Waals surface area contributed by atoms with Gasteiger partial charge >= 0.3 is 0 Å². The molecule has 0 atom stereocenters. The van der Waals surface area contributed by atoms with Crippen molar-refractivity contribution in [2.75, 3.05) is 6.54 Å². The maximum Gasteiger partial charge on any atom is 0.281 e. The first-order valence-electron chi connectivity index (χ1n) is 7.83. The third kappa shape index (κ3) is 6.34. The molecule has 1 aromatic heterocycles. The second-order valence-electron chi connectivity index (χ2n) is 5.38. The van der Waals surface area contributed by atoms with Gasteiger partial charge in [0.2, 0.25) is 5.91 Å². The highest BCUT2D eigenvalue weighted by molar-refractivity contribution is 7.12. The third-order valence-corrected chi connectivity index (χ3v) is 4.19. The summed E-state index contributed by atoms with van der Waals surface area (Å²) in [5.74, 6) is -0.345. The highest BCUT2D eigenvalue weighted by atomic mass is 32.1. The van der Waals surface area contributed by atoms with Crippen molar-refractivity contribution in [2.45, 2.75) is 26.2 Å². The molecule has 0 bridgehead atoms. The number of hydrazone groups is 1. The monoisotopic (exact) mass is 343 g/mol. The number of aryl methyl sites for hydroxylation is 1. The maximum absolute atomic E-state index is 11.8. The molecule has 2 rings (SSSR count). The standard InChI is InChI=1S/C18H21N3O2S/c1-14(20-21-18(23)16-10-6-12-24-16)13-17(22)19-11-5-9-15-7-3-2-4-8-15/h2-4,6-8,10,12H,5,9,11,13H2,1H3,(H,19,22)(H,21,23)/b20-14+. The van der Waals surface area contributed by atoms with Crippen LogP contribution in [0.1, 0.15) is 35.0 Å². The lowest BCUT2D eigenvalue weighted by atomic mass is 10.1. The van der Waals surface area contributed by atoms with Gasteiger partial charge in [0, 0.05) is 12.3 Å². The third-order valence-electron chi connectivity index (χ3n) is 3.32. The zero-order valence-electron chi connectivity index (χ0n) is 13.6. The highest BCUT2D eigenvalue weighted by Gasteiger charge is 2.07. The van der Waals surface area contributed by atoms with E-state index in [1.54, 1.807) is 19.1 Å². The van der Waals surface area contributed by atoms with Crippen LogP contribution in [0.2, 0.25) is 0 Å². The Morgan fingerprint density at radius 1 is 1.12 bits per heavy atom. The molecule has 126 valence electrons. The molecule has 0 aliphatic carbocycles. The van der Waals surface area contributed by atoms with E-state index in [4.69, 9.17) is 0 Å². The number of thiophene rings is 1. The smallest absolute Gasteiger partial charge is 0.281 e. The summed E-state index contributed by atoms with van der Waals surface area (Å²) in [4.78, 5) is 24.2. The normalized spacial score (nSPS) is 11.1. The fourth-order valence-electron chi connectivity index (χ4n) is 2.11. The molecule has 2 amide bonds. The van der Waals surface area contributed by atoms with Gasteiger partial charge in [-0.3, -0.25) is 9.59 Å². The molecule has 5 nitrogen and oxygen atoms in total. The number of carbonyl (C=O) groups is 2. The number of amides is 2. The van der Waals surface area contributed by atoms with Gasteiger partial charge in [0.25, 0.3) is 5.91 Å². The van der Waals surface area contributed by atoms with Crippen LogP contribution in [-0.2, 0) is 11.2 Å². The first-order valence-corrected chi connectivity index (χ1v) is 8.71. The van der Waals surface area contributed by atoms with Crippen LogP contribution in [0, 0.1) is 0 Å². The molecule has 0 unspecified atom stereocenters. The molecule has 2 aromatic rings. The number of rotatable bonds is 8. The first-order chi connectivity index (χ1) is 11.6. The van der Waals surface area contributed by atoms with E-state index >= 15 is 0 Å². The van der Waals surface area contributed by atoms with Gasteiger partial charge < -0.3 is 5.32 Å². The summed E-state index contributed by atoms with van der Waals surface area (Å²) >= 11 is 1.35. The Labute approximate surface area is 145 Å². The van der Waals surface area contributed by atoms with Crippen molar-refractivity contribution in [1.82, 2.24) is 10.7 Å². The zero-order chi connectivity index (χ0) is 17.2. The van der Waals surface area contributed by atoms with Gasteiger partial charge in [-0.05, 0) is 36.8 Å². The Bertz CT molecular complexity index is 682. The lowest BCUT2D eigenvalue weighted by molar-refractivity contribution is -0.119. The van der Waals surface area contributed by atoms with Gasteiger partial charge in [-0.2, -0.15) is 5.10 Å². The molecule has 0 radical (unpaired) electrons. The molecule has 1 aromatic carbocycles. The van der Waals surface area contributed by atoms with E-state index in [1.165, 1.54) is 16.9 Å².